The van der Waals surface area contributed by atoms with Gasteiger partial charge in [-0.2, -0.15) is 0 Å². The summed E-state index contributed by atoms with van der Waals surface area (Å²) in [7, 11) is 3.38. The van der Waals surface area contributed by atoms with Gasteiger partial charge in [0.2, 0.25) is 0 Å². The summed E-state index contributed by atoms with van der Waals surface area (Å²) < 4.78 is 6.77. The fourth-order valence-corrected chi connectivity index (χ4v) is 1.94. The molecule has 0 spiro atoms. The zero-order chi connectivity index (χ0) is 11.7. The molecule has 1 aromatic heterocycles. The van der Waals surface area contributed by atoms with E-state index in [1.54, 1.807) is 24.8 Å². The maximum Gasteiger partial charge on any atom is 0.258 e. The zero-order valence-electron chi connectivity index (χ0n) is 9.78. The van der Waals surface area contributed by atoms with E-state index in [9.17, 15) is 4.79 Å². The normalized spacial score (nSPS) is 10.7. The van der Waals surface area contributed by atoms with Crippen molar-refractivity contribution in [3.63, 3.8) is 0 Å². The second kappa shape index (κ2) is 4.00. The number of hydrogen-bond acceptors (Lipinski definition) is 2. The maximum atomic E-state index is 12.0. The molecule has 0 aliphatic heterocycles. The minimum atomic E-state index is 0.0195. The lowest BCUT2D eigenvalue weighted by molar-refractivity contribution is 0.415. The highest BCUT2D eigenvalue weighted by Gasteiger charge is 2.06. The van der Waals surface area contributed by atoms with Crippen LogP contribution in [-0.4, -0.2) is 11.7 Å². The Balaban J connectivity index is 2.88. The highest BCUT2D eigenvalue weighted by molar-refractivity contribution is 5.86. The van der Waals surface area contributed by atoms with Gasteiger partial charge in [0.25, 0.3) is 5.56 Å². The predicted octanol–water partition coefficient (Wildman–Crippen LogP) is 2.11. The average Bonchev–Trinajstić information content (AvgIpc) is 2.33. The smallest absolute Gasteiger partial charge is 0.258 e. The SMILES string of the molecule is CCc1cn(C)c(=O)c2cc(OC)ccc12. The maximum absolute atomic E-state index is 12.0. The van der Waals surface area contributed by atoms with Crippen molar-refractivity contribution in [3.8, 4) is 5.75 Å². The second-order valence-corrected chi connectivity index (χ2v) is 3.84. The third kappa shape index (κ3) is 1.58. The van der Waals surface area contributed by atoms with Crippen molar-refractivity contribution in [3.05, 3.63) is 40.3 Å². The number of benzene rings is 1. The highest BCUT2D eigenvalue weighted by Crippen LogP contribution is 2.21. The first-order valence-corrected chi connectivity index (χ1v) is 5.33. The molecule has 0 saturated carbocycles. The molecule has 2 rings (SSSR count). The fourth-order valence-electron chi connectivity index (χ4n) is 1.94. The van der Waals surface area contributed by atoms with E-state index in [1.807, 2.05) is 18.3 Å². The molecular weight excluding hydrogens is 202 g/mol. The number of fused-ring (bicyclic) bond motifs is 1. The van der Waals surface area contributed by atoms with Crippen LogP contribution in [0.25, 0.3) is 10.8 Å². The molecule has 2 aromatic rings. The van der Waals surface area contributed by atoms with Crippen LogP contribution in [0.15, 0.2) is 29.2 Å². The van der Waals surface area contributed by atoms with Gasteiger partial charge in [-0.25, -0.2) is 0 Å². The van der Waals surface area contributed by atoms with Crippen molar-refractivity contribution in [1.82, 2.24) is 4.57 Å². The van der Waals surface area contributed by atoms with E-state index in [-0.39, 0.29) is 5.56 Å². The van der Waals surface area contributed by atoms with Crippen LogP contribution in [0.2, 0.25) is 0 Å². The first kappa shape index (κ1) is 10.7. The Bertz CT molecular complexity index is 584. The monoisotopic (exact) mass is 217 g/mol. The van der Waals surface area contributed by atoms with Gasteiger partial charge in [0.15, 0.2) is 0 Å². The fraction of sp³-hybridized carbons (Fsp3) is 0.308. The van der Waals surface area contributed by atoms with Crippen LogP contribution >= 0.6 is 0 Å². The van der Waals surface area contributed by atoms with Gasteiger partial charge in [0.1, 0.15) is 5.75 Å². The molecule has 0 radical (unpaired) electrons. The Morgan fingerprint density at radius 2 is 2.06 bits per heavy atom. The number of rotatable bonds is 2. The first-order valence-electron chi connectivity index (χ1n) is 5.33. The lowest BCUT2D eigenvalue weighted by atomic mass is 10.1. The van der Waals surface area contributed by atoms with Crippen molar-refractivity contribution >= 4 is 10.8 Å². The van der Waals surface area contributed by atoms with E-state index >= 15 is 0 Å². The number of aryl methyl sites for hydroxylation is 2. The molecule has 0 atom stereocenters. The number of hydrogen-bond donors (Lipinski definition) is 0. The minimum absolute atomic E-state index is 0.0195. The van der Waals surface area contributed by atoms with E-state index in [4.69, 9.17) is 4.74 Å². The van der Waals surface area contributed by atoms with E-state index in [1.165, 1.54) is 5.56 Å². The summed E-state index contributed by atoms with van der Waals surface area (Å²) >= 11 is 0. The standard InChI is InChI=1S/C13H15NO2/c1-4-9-8-14(2)13(15)12-7-10(16-3)5-6-11(9)12/h5-8H,4H2,1-3H3. The van der Waals surface area contributed by atoms with Crippen LogP contribution in [0.4, 0.5) is 0 Å². The third-order valence-electron chi connectivity index (χ3n) is 2.85. The quantitative estimate of drug-likeness (QED) is 0.771. The van der Waals surface area contributed by atoms with Gasteiger partial charge < -0.3 is 9.30 Å². The van der Waals surface area contributed by atoms with Gasteiger partial charge >= 0.3 is 0 Å². The molecule has 84 valence electrons. The van der Waals surface area contributed by atoms with Crippen molar-refractivity contribution in [1.29, 1.82) is 0 Å². The summed E-state index contributed by atoms with van der Waals surface area (Å²) in [6.45, 7) is 2.09. The van der Waals surface area contributed by atoms with Gasteiger partial charge in [-0.15, -0.1) is 0 Å². The summed E-state index contributed by atoms with van der Waals surface area (Å²) in [6, 6.07) is 5.64. The van der Waals surface area contributed by atoms with Gasteiger partial charge in [-0.3, -0.25) is 4.79 Å². The van der Waals surface area contributed by atoms with Crippen LogP contribution in [0.5, 0.6) is 5.75 Å². The molecule has 0 N–H and O–H groups in total. The molecule has 0 aliphatic carbocycles. The molecule has 1 heterocycles. The number of methoxy groups -OCH3 is 1. The Kier molecular flexibility index (Phi) is 2.69. The van der Waals surface area contributed by atoms with Gasteiger partial charge in [-0.05, 0) is 29.5 Å². The Morgan fingerprint density at radius 3 is 2.69 bits per heavy atom. The van der Waals surface area contributed by atoms with E-state index in [2.05, 4.69) is 6.92 Å². The second-order valence-electron chi connectivity index (χ2n) is 3.84. The zero-order valence-corrected chi connectivity index (χ0v) is 9.78. The lowest BCUT2D eigenvalue weighted by Gasteiger charge is -2.08. The number of nitrogens with zero attached hydrogens (tertiary/aromatic N) is 1. The van der Waals surface area contributed by atoms with E-state index in [0.717, 1.165) is 22.9 Å². The van der Waals surface area contributed by atoms with Crippen molar-refractivity contribution in [2.24, 2.45) is 7.05 Å². The van der Waals surface area contributed by atoms with Crippen LogP contribution in [0.1, 0.15) is 12.5 Å². The summed E-state index contributed by atoms with van der Waals surface area (Å²) in [5.74, 6) is 0.720. The largest absolute Gasteiger partial charge is 0.497 e. The van der Waals surface area contributed by atoms with Crippen molar-refractivity contribution in [2.45, 2.75) is 13.3 Å². The lowest BCUT2D eigenvalue weighted by Crippen LogP contribution is -2.17. The van der Waals surface area contributed by atoms with Gasteiger partial charge in [0, 0.05) is 13.2 Å². The van der Waals surface area contributed by atoms with Crippen molar-refractivity contribution in [2.75, 3.05) is 7.11 Å². The summed E-state index contributed by atoms with van der Waals surface area (Å²) in [5.41, 5.74) is 1.20. The first-order chi connectivity index (χ1) is 7.67. The minimum Gasteiger partial charge on any atom is -0.497 e. The summed E-state index contributed by atoms with van der Waals surface area (Å²) in [4.78, 5) is 12.0. The van der Waals surface area contributed by atoms with E-state index in [0.29, 0.717) is 0 Å². The average molecular weight is 217 g/mol. The van der Waals surface area contributed by atoms with E-state index < -0.39 is 0 Å². The molecule has 0 unspecified atom stereocenters. The van der Waals surface area contributed by atoms with Crippen LogP contribution in [-0.2, 0) is 13.5 Å². The molecule has 3 heteroatoms. The Hall–Kier alpha value is -1.77. The third-order valence-corrected chi connectivity index (χ3v) is 2.85. The van der Waals surface area contributed by atoms with Crippen LogP contribution < -0.4 is 10.3 Å². The van der Waals surface area contributed by atoms with Gasteiger partial charge in [-0.1, -0.05) is 13.0 Å². The van der Waals surface area contributed by atoms with Crippen molar-refractivity contribution < 1.29 is 4.74 Å². The summed E-state index contributed by atoms with van der Waals surface area (Å²) in [5, 5.41) is 1.74. The summed E-state index contributed by atoms with van der Waals surface area (Å²) in [6.07, 6.45) is 2.81. The Labute approximate surface area is 94.3 Å². The topological polar surface area (TPSA) is 31.2 Å². The molecule has 0 aliphatic rings. The molecular formula is C13H15NO2. The molecule has 1 aromatic carbocycles. The van der Waals surface area contributed by atoms with Gasteiger partial charge in [0.05, 0.1) is 12.5 Å². The van der Waals surface area contributed by atoms with Crippen LogP contribution in [0.3, 0.4) is 0 Å². The molecule has 16 heavy (non-hydrogen) atoms. The molecule has 3 nitrogen and oxygen atoms in total. The molecule has 0 amide bonds. The number of pyridine rings is 1. The number of aromatic nitrogens is 1. The highest BCUT2D eigenvalue weighted by atomic mass is 16.5. The van der Waals surface area contributed by atoms with Crippen LogP contribution in [0, 0.1) is 0 Å². The molecule has 0 saturated heterocycles. The Morgan fingerprint density at radius 1 is 1.31 bits per heavy atom. The molecule has 0 fully saturated rings. The predicted molar refractivity (Wildman–Crippen MR) is 65.1 cm³/mol. The number of ether oxygens (including phenoxy) is 1. The molecule has 0 bridgehead atoms.